The van der Waals surface area contributed by atoms with E-state index in [0.717, 1.165) is 17.5 Å². The van der Waals surface area contributed by atoms with E-state index in [9.17, 15) is 5.11 Å². The summed E-state index contributed by atoms with van der Waals surface area (Å²) in [6.45, 7) is 2.10. The first kappa shape index (κ1) is 9.78. The van der Waals surface area contributed by atoms with Gasteiger partial charge in [-0.25, -0.2) is 0 Å². The molecule has 0 bridgehead atoms. The van der Waals surface area contributed by atoms with Gasteiger partial charge in [0.05, 0.1) is 0 Å². The third kappa shape index (κ3) is 1.86. The van der Waals surface area contributed by atoms with E-state index in [2.05, 4.69) is 13.0 Å². The Hall–Kier alpha value is -1.76. The minimum atomic E-state index is 0.0957. The summed E-state index contributed by atoms with van der Waals surface area (Å²) >= 11 is 0. The summed E-state index contributed by atoms with van der Waals surface area (Å²) in [6, 6.07) is 15.2. The van der Waals surface area contributed by atoms with Gasteiger partial charge in [-0.2, -0.15) is 0 Å². The summed E-state index contributed by atoms with van der Waals surface area (Å²) in [6.07, 6.45) is 0.949. The molecule has 2 aromatic carbocycles. The molecule has 75 valence electrons. The lowest BCUT2D eigenvalue weighted by Crippen LogP contribution is -1.86. The van der Waals surface area contributed by atoms with E-state index >= 15 is 0 Å². The number of rotatable bonds is 2. The van der Waals surface area contributed by atoms with Crippen molar-refractivity contribution in [1.29, 1.82) is 0 Å². The zero-order valence-electron chi connectivity index (χ0n) is 8.73. The lowest BCUT2D eigenvalue weighted by atomic mass is 9.97. The predicted octanol–water partition coefficient (Wildman–Crippen LogP) is 4.06. The molecule has 2 aromatic rings. The van der Waals surface area contributed by atoms with E-state index < -0.39 is 0 Å². The molecule has 0 spiro atoms. The molecule has 0 aliphatic rings. The molecule has 1 radical (unpaired) electrons. The SMILES string of the molecule is CCc1ccccc1-c1ccccc1[O]. The third-order valence-electron chi connectivity index (χ3n) is 2.58. The van der Waals surface area contributed by atoms with Crippen LogP contribution < -0.4 is 0 Å². The van der Waals surface area contributed by atoms with Crippen LogP contribution in [0.25, 0.3) is 11.1 Å². The van der Waals surface area contributed by atoms with E-state index in [-0.39, 0.29) is 5.75 Å². The van der Waals surface area contributed by atoms with Gasteiger partial charge in [-0.05, 0) is 23.6 Å². The van der Waals surface area contributed by atoms with E-state index in [4.69, 9.17) is 0 Å². The molecule has 0 saturated heterocycles. The first-order valence-electron chi connectivity index (χ1n) is 5.17. The summed E-state index contributed by atoms with van der Waals surface area (Å²) in [7, 11) is 0. The highest BCUT2D eigenvalue weighted by molar-refractivity contribution is 5.72. The number of aryl methyl sites for hydroxylation is 1. The van der Waals surface area contributed by atoms with Gasteiger partial charge in [0.2, 0.25) is 0 Å². The Kier molecular flexibility index (Phi) is 2.72. The van der Waals surface area contributed by atoms with Crippen molar-refractivity contribution in [3.63, 3.8) is 0 Å². The fourth-order valence-corrected chi connectivity index (χ4v) is 1.78. The molecular weight excluding hydrogens is 184 g/mol. The number of hydrogen-bond donors (Lipinski definition) is 0. The molecule has 0 fully saturated rings. The summed E-state index contributed by atoms with van der Waals surface area (Å²) in [4.78, 5) is 0. The maximum atomic E-state index is 11.7. The minimum Gasteiger partial charge on any atom is -0.289 e. The van der Waals surface area contributed by atoms with Crippen LogP contribution in [-0.4, -0.2) is 0 Å². The molecule has 1 heteroatoms. The van der Waals surface area contributed by atoms with Crippen molar-refractivity contribution < 1.29 is 5.11 Å². The van der Waals surface area contributed by atoms with Crippen molar-refractivity contribution in [1.82, 2.24) is 0 Å². The lowest BCUT2D eigenvalue weighted by molar-refractivity contribution is 0.356. The molecular formula is C14H13O. The second-order valence-electron chi connectivity index (χ2n) is 3.51. The molecule has 0 saturated carbocycles. The highest BCUT2D eigenvalue weighted by Crippen LogP contribution is 2.31. The van der Waals surface area contributed by atoms with Crippen LogP contribution in [0.15, 0.2) is 48.5 Å². The largest absolute Gasteiger partial charge is 0.289 e. The molecule has 1 nitrogen and oxygen atoms in total. The lowest BCUT2D eigenvalue weighted by Gasteiger charge is -2.07. The van der Waals surface area contributed by atoms with Gasteiger partial charge >= 0.3 is 0 Å². The van der Waals surface area contributed by atoms with Gasteiger partial charge < -0.3 is 0 Å². The van der Waals surface area contributed by atoms with E-state index in [1.54, 1.807) is 12.1 Å². The zero-order chi connectivity index (χ0) is 10.7. The van der Waals surface area contributed by atoms with Crippen molar-refractivity contribution >= 4 is 0 Å². The molecule has 0 heterocycles. The number of para-hydroxylation sites is 1. The van der Waals surface area contributed by atoms with Gasteiger partial charge in [0.25, 0.3) is 0 Å². The molecule has 0 amide bonds. The Labute approximate surface area is 90.0 Å². The molecule has 15 heavy (non-hydrogen) atoms. The van der Waals surface area contributed by atoms with Crippen molar-refractivity contribution in [2.45, 2.75) is 13.3 Å². The fraction of sp³-hybridized carbons (Fsp3) is 0.143. The molecule has 2 rings (SSSR count). The van der Waals surface area contributed by atoms with E-state index in [1.165, 1.54) is 5.56 Å². The van der Waals surface area contributed by atoms with Crippen LogP contribution in [0.5, 0.6) is 5.75 Å². The summed E-state index contributed by atoms with van der Waals surface area (Å²) in [5, 5.41) is 11.7. The zero-order valence-corrected chi connectivity index (χ0v) is 8.73. The van der Waals surface area contributed by atoms with Crippen LogP contribution in [0.2, 0.25) is 0 Å². The van der Waals surface area contributed by atoms with Gasteiger partial charge in [0, 0.05) is 5.56 Å². The summed E-state index contributed by atoms with van der Waals surface area (Å²) in [5.41, 5.74) is 3.08. The molecule has 0 atom stereocenters. The standard InChI is InChI=1S/C14H13O/c1-2-11-7-3-4-8-12(11)13-9-5-6-10-14(13)15/h3-10H,2H2,1H3. The smallest absolute Gasteiger partial charge is 0.186 e. The Bertz CT molecular complexity index is 460. The average Bonchev–Trinajstić information content (AvgIpc) is 2.30. The van der Waals surface area contributed by atoms with Crippen molar-refractivity contribution in [2.24, 2.45) is 0 Å². The maximum Gasteiger partial charge on any atom is 0.186 e. The topological polar surface area (TPSA) is 19.9 Å². The minimum absolute atomic E-state index is 0.0957. The Morgan fingerprint density at radius 3 is 2.13 bits per heavy atom. The van der Waals surface area contributed by atoms with Crippen molar-refractivity contribution in [3.8, 4) is 16.9 Å². The van der Waals surface area contributed by atoms with Gasteiger partial charge in [0.15, 0.2) is 5.75 Å². The second kappa shape index (κ2) is 4.18. The van der Waals surface area contributed by atoms with Crippen LogP contribution >= 0.6 is 0 Å². The van der Waals surface area contributed by atoms with Crippen LogP contribution in [0.3, 0.4) is 0 Å². The molecule has 0 N–H and O–H groups in total. The van der Waals surface area contributed by atoms with Gasteiger partial charge in [0.1, 0.15) is 0 Å². The molecule has 0 aliphatic heterocycles. The Morgan fingerprint density at radius 1 is 0.867 bits per heavy atom. The number of benzene rings is 2. The second-order valence-corrected chi connectivity index (χ2v) is 3.51. The molecule has 0 aromatic heterocycles. The first-order valence-corrected chi connectivity index (χ1v) is 5.17. The third-order valence-corrected chi connectivity index (χ3v) is 2.58. The van der Waals surface area contributed by atoms with Crippen LogP contribution in [0.1, 0.15) is 12.5 Å². The van der Waals surface area contributed by atoms with Gasteiger partial charge in [-0.15, -0.1) is 0 Å². The fourth-order valence-electron chi connectivity index (χ4n) is 1.78. The first-order chi connectivity index (χ1) is 7.33. The predicted molar refractivity (Wildman–Crippen MR) is 61.4 cm³/mol. The van der Waals surface area contributed by atoms with Gasteiger partial charge in [-0.3, -0.25) is 5.11 Å². The Morgan fingerprint density at radius 2 is 1.47 bits per heavy atom. The normalized spacial score (nSPS) is 10.2. The molecule has 0 aliphatic carbocycles. The van der Waals surface area contributed by atoms with Crippen LogP contribution in [0, 0.1) is 0 Å². The Balaban J connectivity index is 2.59. The van der Waals surface area contributed by atoms with Crippen molar-refractivity contribution in [3.05, 3.63) is 54.1 Å². The van der Waals surface area contributed by atoms with Gasteiger partial charge in [-0.1, -0.05) is 49.4 Å². The summed E-state index contributed by atoms with van der Waals surface area (Å²) < 4.78 is 0. The average molecular weight is 197 g/mol. The van der Waals surface area contributed by atoms with Crippen LogP contribution in [-0.2, 0) is 11.5 Å². The highest BCUT2D eigenvalue weighted by atomic mass is 16.3. The van der Waals surface area contributed by atoms with E-state index in [0.29, 0.717) is 0 Å². The maximum absolute atomic E-state index is 11.7. The van der Waals surface area contributed by atoms with Crippen molar-refractivity contribution in [2.75, 3.05) is 0 Å². The monoisotopic (exact) mass is 197 g/mol. The molecule has 0 unspecified atom stereocenters. The van der Waals surface area contributed by atoms with Crippen LogP contribution in [0.4, 0.5) is 0 Å². The quantitative estimate of drug-likeness (QED) is 0.692. The number of hydrogen-bond acceptors (Lipinski definition) is 0. The highest BCUT2D eigenvalue weighted by Gasteiger charge is 2.07. The van der Waals surface area contributed by atoms with E-state index in [1.807, 2.05) is 30.3 Å². The summed E-state index contributed by atoms with van der Waals surface area (Å²) in [5.74, 6) is 0.0957.